The van der Waals surface area contributed by atoms with E-state index in [0.717, 1.165) is 17.8 Å². The summed E-state index contributed by atoms with van der Waals surface area (Å²) < 4.78 is 0. The molecule has 282 valence electrons. The van der Waals surface area contributed by atoms with Gasteiger partial charge in [0.15, 0.2) is 0 Å². The Kier molecular flexibility index (Phi) is 6.02. The van der Waals surface area contributed by atoms with Crippen LogP contribution in [0.25, 0.3) is 22.3 Å². The van der Waals surface area contributed by atoms with Crippen molar-refractivity contribution in [2.24, 2.45) is 23.7 Å². The summed E-state index contributed by atoms with van der Waals surface area (Å²) in [7, 11) is 0. The molecule has 1 unspecified atom stereocenters. The molecule has 4 fully saturated rings. The van der Waals surface area contributed by atoms with Crippen molar-refractivity contribution in [2.45, 2.75) is 62.2 Å². The first-order valence-electron chi connectivity index (χ1n) is 22.6. The Labute approximate surface area is 347 Å². The topological polar surface area (TPSA) is 6.48 Å². The van der Waals surface area contributed by atoms with Crippen molar-refractivity contribution in [2.75, 3.05) is 9.80 Å². The van der Waals surface area contributed by atoms with Crippen LogP contribution in [-0.2, 0) is 10.8 Å². The molecule has 7 aromatic carbocycles. The smallest absolute Gasteiger partial charge is 0.252 e. The van der Waals surface area contributed by atoms with Crippen LogP contribution in [0.3, 0.4) is 0 Å². The number of benzene rings is 7. The van der Waals surface area contributed by atoms with E-state index in [-0.39, 0.29) is 17.5 Å². The number of nitrogens with zero attached hydrogens (tertiary/aromatic N) is 2. The molecule has 6 aliphatic carbocycles. The third-order valence-corrected chi connectivity index (χ3v) is 17.4. The highest BCUT2D eigenvalue weighted by Crippen LogP contribution is 2.68. The van der Waals surface area contributed by atoms with Crippen molar-refractivity contribution in [3.8, 4) is 22.3 Å². The van der Waals surface area contributed by atoms with E-state index in [1.807, 2.05) is 0 Å². The quantitative estimate of drug-likeness (QED) is 0.162. The first kappa shape index (κ1) is 32.1. The molecule has 4 saturated carbocycles. The summed E-state index contributed by atoms with van der Waals surface area (Å²) >= 11 is 0. The number of hydrogen-bond donors (Lipinski definition) is 0. The average Bonchev–Trinajstić information content (AvgIpc) is 4.17. The van der Waals surface area contributed by atoms with Gasteiger partial charge in [0.1, 0.15) is 0 Å². The van der Waals surface area contributed by atoms with Crippen molar-refractivity contribution in [3.05, 3.63) is 174 Å². The standard InChI is InChI=1S/C56H45BN2/c1-2-11-38(12-3-1)58-50-18-9-8-17-48(50)57-49-30-43-41-14-5-7-16-45(41)56(33-35-22-24-37(56)28-35)47(43)31-53(49)59(52-20-10-19-51(58)54(52)57)39-25-26-46-42(29-39)40-13-4-6-15-44(40)55(46)32-34-21-23-36(55)27-34/h1-20,25-26,29-31,34-37H,21-24,27-28,32-33H2/t34-,35-,36+,37?,55-,56-/m1/s1. The highest BCUT2D eigenvalue weighted by atomic mass is 15.2. The van der Waals surface area contributed by atoms with Crippen LogP contribution in [-0.4, -0.2) is 6.71 Å². The Morgan fingerprint density at radius 2 is 0.983 bits per heavy atom. The first-order chi connectivity index (χ1) is 29.2. The second-order valence-corrected chi connectivity index (χ2v) is 19.6. The van der Waals surface area contributed by atoms with Gasteiger partial charge >= 0.3 is 0 Å². The first-order valence-corrected chi connectivity index (χ1v) is 22.6. The van der Waals surface area contributed by atoms with Crippen LogP contribution in [0.4, 0.5) is 34.1 Å². The molecule has 2 spiro atoms. The van der Waals surface area contributed by atoms with Gasteiger partial charge in [-0.1, -0.05) is 116 Å². The molecule has 0 N–H and O–H groups in total. The lowest BCUT2D eigenvalue weighted by Crippen LogP contribution is -2.61. The normalized spacial score (nSPS) is 27.5. The Balaban J connectivity index is 1.02. The molecule has 2 aliphatic heterocycles. The number of hydrogen-bond acceptors (Lipinski definition) is 2. The monoisotopic (exact) mass is 756 g/mol. The zero-order valence-corrected chi connectivity index (χ0v) is 33.4. The van der Waals surface area contributed by atoms with Crippen LogP contribution in [0.15, 0.2) is 152 Å². The highest BCUT2D eigenvalue weighted by molar-refractivity contribution is 7.00. The molecule has 3 heteroatoms. The average molecular weight is 757 g/mol. The van der Waals surface area contributed by atoms with E-state index in [9.17, 15) is 0 Å². The zero-order valence-electron chi connectivity index (χ0n) is 33.4. The number of para-hydroxylation sites is 2. The summed E-state index contributed by atoms with van der Waals surface area (Å²) in [6.07, 6.45) is 10.9. The minimum atomic E-state index is 0.108. The molecule has 15 rings (SSSR count). The Bertz CT molecular complexity index is 2990. The van der Waals surface area contributed by atoms with Crippen molar-refractivity contribution < 1.29 is 0 Å². The van der Waals surface area contributed by atoms with Crippen LogP contribution in [0.1, 0.15) is 73.6 Å². The largest absolute Gasteiger partial charge is 0.311 e. The molecule has 4 bridgehead atoms. The summed E-state index contributed by atoms with van der Waals surface area (Å²) in [6.45, 7) is 0.116. The van der Waals surface area contributed by atoms with Gasteiger partial charge in [0, 0.05) is 45.0 Å². The number of fused-ring (bicyclic) bond motifs is 20. The van der Waals surface area contributed by atoms with Crippen molar-refractivity contribution in [1.82, 2.24) is 0 Å². The van der Waals surface area contributed by atoms with Crippen LogP contribution < -0.4 is 26.2 Å². The third kappa shape index (κ3) is 3.80. The summed E-state index contributed by atoms with van der Waals surface area (Å²) in [5.74, 6) is 3.16. The van der Waals surface area contributed by atoms with Crippen LogP contribution in [0.5, 0.6) is 0 Å². The molecular weight excluding hydrogens is 711 g/mol. The molecule has 2 heterocycles. The molecule has 0 radical (unpaired) electrons. The molecule has 59 heavy (non-hydrogen) atoms. The summed E-state index contributed by atoms with van der Waals surface area (Å²) in [4.78, 5) is 5.24. The van der Waals surface area contributed by atoms with Gasteiger partial charge in [-0.2, -0.15) is 0 Å². The fourth-order valence-corrected chi connectivity index (χ4v) is 15.4. The van der Waals surface area contributed by atoms with E-state index in [4.69, 9.17) is 0 Å². The minimum Gasteiger partial charge on any atom is -0.311 e. The Hall–Kier alpha value is -5.80. The molecular formula is C56H45BN2. The highest BCUT2D eigenvalue weighted by Gasteiger charge is 2.59. The van der Waals surface area contributed by atoms with E-state index in [2.05, 4.69) is 161 Å². The molecule has 8 aliphatic rings. The lowest BCUT2D eigenvalue weighted by Gasteiger charge is -2.45. The molecule has 7 aromatic rings. The minimum absolute atomic E-state index is 0.108. The van der Waals surface area contributed by atoms with Gasteiger partial charge in [-0.05, 0) is 172 Å². The van der Waals surface area contributed by atoms with E-state index in [0.29, 0.717) is 5.92 Å². The predicted octanol–water partition coefficient (Wildman–Crippen LogP) is 11.9. The van der Waals surface area contributed by atoms with Gasteiger partial charge < -0.3 is 9.80 Å². The Morgan fingerprint density at radius 3 is 1.66 bits per heavy atom. The number of rotatable bonds is 2. The van der Waals surface area contributed by atoms with Gasteiger partial charge in [-0.15, -0.1) is 0 Å². The van der Waals surface area contributed by atoms with Crippen molar-refractivity contribution >= 4 is 57.2 Å². The fourth-order valence-electron chi connectivity index (χ4n) is 15.4. The maximum atomic E-state index is 2.73. The van der Waals surface area contributed by atoms with Gasteiger partial charge in [-0.3, -0.25) is 0 Å². The Morgan fingerprint density at radius 1 is 0.407 bits per heavy atom. The van der Waals surface area contributed by atoms with Gasteiger partial charge in [-0.25, -0.2) is 0 Å². The van der Waals surface area contributed by atoms with E-state index in [1.165, 1.54) is 124 Å². The fraction of sp³-hybridized carbons (Fsp3) is 0.250. The lowest BCUT2D eigenvalue weighted by molar-refractivity contribution is 0.327. The summed E-state index contributed by atoms with van der Waals surface area (Å²) in [5, 5.41) is 0. The molecule has 6 atom stereocenters. The second kappa shape index (κ2) is 11.1. The number of anilines is 6. The lowest BCUT2D eigenvalue weighted by atomic mass is 9.33. The van der Waals surface area contributed by atoms with Crippen molar-refractivity contribution in [1.29, 1.82) is 0 Å². The molecule has 0 saturated heterocycles. The van der Waals surface area contributed by atoms with Gasteiger partial charge in [0.2, 0.25) is 0 Å². The second-order valence-electron chi connectivity index (χ2n) is 19.6. The van der Waals surface area contributed by atoms with E-state index in [1.54, 1.807) is 22.3 Å². The summed E-state index contributed by atoms with van der Waals surface area (Å²) in [5.41, 5.74) is 24.5. The van der Waals surface area contributed by atoms with Crippen LogP contribution in [0.2, 0.25) is 0 Å². The SMILES string of the molecule is c1ccc(N2c3ccccc3B3c4cc5c(cc4N(c4ccc6c(c4)-c4ccccc4[C@]64C[C@@H]6CC[C@H]4C6)c4cccc2c43)[C@@]2(C[C@@H]3CCC2C3)c2ccccc2-5)cc1. The molecule has 2 nitrogen and oxygen atoms in total. The maximum Gasteiger partial charge on any atom is 0.252 e. The van der Waals surface area contributed by atoms with Crippen LogP contribution in [0, 0.1) is 23.7 Å². The predicted molar refractivity (Wildman–Crippen MR) is 244 cm³/mol. The maximum absolute atomic E-state index is 2.73. The molecule has 0 amide bonds. The van der Waals surface area contributed by atoms with E-state index < -0.39 is 0 Å². The zero-order chi connectivity index (χ0) is 38.2. The van der Waals surface area contributed by atoms with Crippen molar-refractivity contribution in [3.63, 3.8) is 0 Å². The summed E-state index contributed by atoms with van der Waals surface area (Å²) in [6, 6.07) is 59.6. The van der Waals surface area contributed by atoms with Crippen LogP contribution >= 0.6 is 0 Å². The van der Waals surface area contributed by atoms with Gasteiger partial charge in [0.25, 0.3) is 6.71 Å². The van der Waals surface area contributed by atoms with E-state index >= 15 is 0 Å². The molecule has 0 aromatic heterocycles. The third-order valence-electron chi connectivity index (χ3n) is 17.4. The van der Waals surface area contributed by atoms with Gasteiger partial charge in [0.05, 0.1) is 0 Å².